The average molecular weight is 280 g/mol. The molecule has 0 bridgehead atoms. The molecular formula is C17H32N2O. The first-order valence-corrected chi connectivity index (χ1v) is 8.82. The number of piperidine rings is 1. The predicted octanol–water partition coefficient (Wildman–Crippen LogP) is 2.80. The van der Waals surface area contributed by atoms with E-state index in [2.05, 4.69) is 17.3 Å². The molecule has 2 unspecified atom stereocenters. The van der Waals surface area contributed by atoms with Gasteiger partial charge in [0.25, 0.3) is 0 Å². The Morgan fingerprint density at radius 3 is 2.80 bits per heavy atom. The molecule has 0 aromatic rings. The lowest BCUT2D eigenvalue weighted by Crippen LogP contribution is -2.49. The summed E-state index contributed by atoms with van der Waals surface area (Å²) in [6, 6.07) is 0.703. The molecule has 3 heteroatoms. The Kier molecular flexibility index (Phi) is 5.00. The number of ether oxygens (including phenoxy) is 1. The smallest absolute Gasteiger partial charge is 0.0697 e. The summed E-state index contributed by atoms with van der Waals surface area (Å²) in [6.07, 6.45) is 12.0. The highest BCUT2D eigenvalue weighted by atomic mass is 16.5. The van der Waals surface area contributed by atoms with Crippen LogP contribution in [-0.4, -0.2) is 49.8 Å². The van der Waals surface area contributed by atoms with Gasteiger partial charge in [-0.2, -0.15) is 0 Å². The second kappa shape index (κ2) is 6.76. The van der Waals surface area contributed by atoms with Gasteiger partial charge in [-0.25, -0.2) is 0 Å². The van der Waals surface area contributed by atoms with Gasteiger partial charge in [-0.3, -0.25) is 0 Å². The van der Waals surface area contributed by atoms with Crippen LogP contribution in [0.1, 0.15) is 57.8 Å². The van der Waals surface area contributed by atoms with Crippen molar-refractivity contribution < 1.29 is 4.74 Å². The van der Waals surface area contributed by atoms with Crippen molar-refractivity contribution in [1.29, 1.82) is 0 Å². The summed E-state index contributed by atoms with van der Waals surface area (Å²) >= 11 is 0. The minimum Gasteiger partial charge on any atom is -0.375 e. The highest BCUT2D eigenvalue weighted by Gasteiger charge is 2.38. The van der Waals surface area contributed by atoms with Crippen LogP contribution in [0.25, 0.3) is 0 Å². The standard InChI is InChI=1S/C17H32N2O/c1-19-10-5-6-15(14-19)13-18-16-7-11-20-17(12-16)8-3-2-4-9-17/h15-16,18H,2-14H2,1H3. The van der Waals surface area contributed by atoms with Gasteiger partial charge in [0.1, 0.15) is 0 Å². The zero-order chi connectivity index (χ0) is 13.8. The molecule has 116 valence electrons. The SMILES string of the molecule is CN1CCCC(CNC2CCOC3(CCCCC3)C2)C1. The lowest BCUT2D eigenvalue weighted by Gasteiger charge is -2.44. The Labute approximate surface area is 124 Å². The highest BCUT2D eigenvalue weighted by molar-refractivity contribution is 4.92. The number of hydrogen-bond acceptors (Lipinski definition) is 3. The highest BCUT2D eigenvalue weighted by Crippen LogP contribution is 2.38. The van der Waals surface area contributed by atoms with E-state index in [1.165, 1.54) is 77.4 Å². The number of nitrogens with zero attached hydrogens (tertiary/aromatic N) is 1. The Hall–Kier alpha value is -0.120. The molecule has 1 aliphatic carbocycles. The molecular weight excluding hydrogens is 248 g/mol. The fourth-order valence-corrected chi connectivity index (χ4v) is 4.52. The largest absolute Gasteiger partial charge is 0.375 e. The first-order chi connectivity index (χ1) is 9.76. The third-order valence-electron chi connectivity index (χ3n) is 5.68. The van der Waals surface area contributed by atoms with Crippen LogP contribution in [-0.2, 0) is 4.74 Å². The van der Waals surface area contributed by atoms with Gasteiger partial charge < -0.3 is 15.0 Å². The average Bonchev–Trinajstić information content (AvgIpc) is 2.46. The van der Waals surface area contributed by atoms with E-state index in [4.69, 9.17) is 4.74 Å². The summed E-state index contributed by atoms with van der Waals surface area (Å²) in [6.45, 7) is 4.76. The van der Waals surface area contributed by atoms with Crippen LogP contribution < -0.4 is 5.32 Å². The molecule has 3 aliphatic rings. The number of hydrogen-bond donors (Lipinski definition) is 1. The molecule has 1 spiro atoms. The monoisotopic (exact) mass is 280 g/mol. The molecule has 1 saturated carbocycles. The van der Waals surface area contributed by atoms with Crippen LogP contribution in [0.5, 0.6) is 0 Å². The molecule has 1 N–H and O–H groups in total. The Balaban J connectivity index is 1.45. The second-order valence-electron chi connectivity index (χ2n) is 7.46. The van der Waals surface area contributed by atoms with Crippen molar-refractivity contribution in [2.45, 2.75) is 69.4 Å². The van der Waals surface area contributed by atoms with Crippen molar-refractivity contribution in [1.82, 2.24) is 10.2 Å². The van der Waals surface area contributed by atoms with Crippen molar-refractivity contribution in [3.63, 3.8) is 0 Å². The molecule has 0 aromatic carbocycles. The molecule has 3 nitrogen and oxygen atoms in total. The topological polar surface area (TPSA) is 24.5 Å². The van der Waals surface area contributed by atoms with E-state index in [0.29, 0.717) is 6.04 Å². The summed E-state index contributed by atoms with van der Waals surface area (Å²) in [5, 5.41) is 3.88. The minimum absolute atomic E-state index is 0.248. The normalized spacial score (nSPS) is 35.2. The first kappa shape index (κ1) is 14.8. The molecule has 3 rings (SSSR count). The van der Waals surface area contributed by atoms with E-state index in [0.717, 1.165) is 12.5 Å². The van der Waals surface area contributed by atoms with E-state index in [-0.39, 0.29) is 5.60 Å². The summed E-state index contributed by atoms with van der Waals surface area (Å²) in [5.41, 5.74) is 0.248. The maximum atomic E-state index is 6.20. The van der Waals surface area contributed by atoms with Crippen LogP contribution in [0, 0.1) is 5.92 Å². The zero-order valence-corrected chi connectivity index (χ0v) is 13.2. The van der Waals surface area contributed by atoms with E-state index >= 15 is 0 Å². The summed E-state index contributed by atoms with van der Waals surface area (Å²) in [5.74, 6) is 0.860. The Morgan fingerprint density at radius 1 is 1.15 bits per heavy atom. The maximum Gasteiger partial charge on any atom is 0.0697 e. The molecule has 2 atom stereocenters. The van der Waals surface area contributed by atoms with Gasteiger partial charge in [-0.15, -0.1) is 0 Å². The van der Waals surface area contributed by atoms with Crippen molar-refractivity contribution in [2.24, 2.45) is 5.92 Å². The van der Waals surface area contributed by atoms with Gasteiger partial charge in [0.15, 0.2) is 0 Å². The van der Waals surface area contributed by atoms with Gasteiger partial charge >= 0.3 is 0 Å². The molecule has 2 saturated heterocycles. The summed E-state index contributed by atoms with van der Waals surface area (Å²) in [4.78, 5) is 2.49. The third kappa shape index (κ3) is 3.75. The Morgan fingerprint density at radius 2 is 2.00 bits per heavy atom. The lowest BCUT2D eigenvalue weighted by molar-refractivity contribution is -0.109. The van der Waals surface area contributed by atoms with Gasteiger partial charge in [0.05, 0.1) is 5.60 Å². The quantitative estimate of drug-likeness (QED) is 0.860. The van der Waals surface area contributed by atoms with Crippen LogP contribution in [0.2, 0.25) is 0 Å². The number of nitrogens with one attached hydrogen (secondary N) is 1. The van der Waals surface area contributed by atoms with Crippen molar-refractivity contribution >= 4 is 0 Å². The first-order valence-electron chi connectivity index (χ1n) is 8.82. The minimum atomic E-state index is 0.248. The zero-order valence-electron chi connectivity index (χ0n) is 13.2. The summed E-state index contributed by atoms with van der Waals surface area (Å²) < 4.78 is 6.20. The van der Waals surface area contributed by atoms with Gasteiger partial charge in [-0.1, -0.05) is 19.3 Å². The lowest BCUT2D eigenvalue weighted by atomic mass is 9.78. The third-order valence-corrected chi connectivity index (χ3v) is 5.68. The fraction of sp³-hybridized carbons (Fsp3) is 1.00. The van der Waals surface area contributed by atoms with E-state index < -0.39 is 0 Å². The van der Waals surface area contributed by atoms with E-state index in [9.17, 15) is 0 Å². The van der Waals surface area contributed by atoms with Crippen molar-refractivity contribution in [2.75, 3.05) is 33.3 Å². The molecule has 20 heavy (non-hydrogen) atoms. The second-order valence-corrected chi connectivity index (χ2v) is 7.46. The van der Waals surface area contributed by atoms with E-state index in [1.807, 2.05) is 0 Å². The molecule has 2 heterocycles. The van der Waals surface area contributed by atoms with Crippen LogP contribution in [0.4, 0.5) is 0 Å². The van der Waals surface area contributed by atoms with Crippen molar-refractivity contribution in [3.8, 4) is 0 Å². The van der Waals surface area contributed by atoms with Crippen LogP contribution in [0.15, 0.2) is 0 Å². The fourth-order valence-electron chi connectivity index (χ4n) is 4.52. The molecule has 3 fully saturated rings. The molecule has 0 radical (unpaired) electrons. The van der Waals surface area contributed by atoms with Crippen LogP contribution >= 0.6 is 0 Å². The van der Waals surface area contributed by atoms with Gasteiger partial charge in [-0.05, 0) is 64.6 Å². The van der Waals surface area contributed by atoms with Gasteiger partial charge in [0, 0.05) is 19.2 Å². The number of rotatable bonds is 3. The Bertz CT molecular complexity index is 296. The molecule has 2 aliphatic heterocycles. The molecule has 0 amide bonds. The molecule has 0 aromatic heterocycles. The van der Waals surface area contributed by atoms with Crippen molar-refractivity contribution in [3.05, 3.63) is 0 Å². The number of likely N-dealkylation sites (tertiary alicyclic amines) is 1. The van der Waals surface area contributed by atoms with Gasteiger partial charge in [0.2, 0.25) is 0 Å². The maximum absolute atomic E-state index is 6.20. The van der Waals surface area contributed by atoms with E-state index in [1.54, 1.807) is 0 Å². The van der Waals surface area contributed by atoms with Crippen LogP contribution in [0.3, 0.4) is 0 Å². The summed E-state index contributed by atoms with van der Waals surface area (Å²) in [7, 11) is 2.26. The predicted molar refractivity (Wildman–Crippen MR) is 83.0 cm³/mol.